The van der Waals surface area contributed by atoms with Crippen molar-refractivity contribution in [1.82, 2.24) is 13.7 Å². The second-order valence-electron chi connectivity index (χ2n) is 18.8. The van der Waals surface area contributed by atoms with Gasteiger partial charge in [-0.15, -0.1) is 11.3 Å². The van der Waals surface area contributed by atoms with Crippen LogP contribution in [0, 0.1) is 0 Å². The number of rotatable bonds is 7. The Labute approximate surface area is 415 Å². The van der Waals surface area contributed by atoms with E-state index in [0.717, 1.165) is 17.1 Å². The summed E-state index contributed by atoms with van der Waals surface area (Å²) in [5.74, 6) is 0. The minimum absolute atomic E-state index is 1.14. The molecule has 0 N–H and O–H groups in total. The predicted octanol–water partition coefficient (Wildman–Crippen LogP) is 14.7. The van der Waals surface area contributed by atoms with Crippen LogP contribution in [0.3, 0.4) is 0 Å². The quantitative estimate of drug-likeness (QED) is 0.112. The third-order valence-corrected chi connectivity index (χ3v) is 21.1. The maximum absolute atomic E-state index is 2.76. The van der Waals surface area contributed by atoms with Crippen molar-refractivity contribution in [2.24, 2.45) is 0 Å². The Balaban J connectivity index is 0.926. The van der Waals surface area contributed by atoms with Crippen molar-refractivity contribution in [2.45, 2.75) is 0 Å². The summed E-state index contributed by atoms with van der Waals surface area (Å²) in [6, 6.07) is 97.4. The molecule has 0 bridgehead atoms. The second-order valence-corrected chi connectivity index (χ2v) is 23.7. The standard InChI is InChI=1S/C66H43N3SSi/c1-4-20-47(21-5-1)71(48-22-6-2-7-23-48,49-24-8-3-9-25-49)50-26-18-19-44(41-50)67-59-31-14-11-28-52(59)57-42-45(35-39-62(57)67)68-60-32-15-12-29-53(60)58-43-46(36-40-63(58)68)69-61-33-16-10-27-51(61)55-37-38-56-54-30-13-17-34-64(54)70-66(56)65(55)69/h1-43H. The maximum Gasteiger partial charge on any atom is 0.179 e. The molecule has 71 heavy (non-hydrogen) atoms. The molecule has 11 aromatic carbocycles. The van der Waals surface area contributed by atoms with Crippen molar-refractivity contribution < 1.29 is 0 Å². The topological polar surface area (TPSA) is 14.8 Å². The summed E-state index contributed by atoms with van der Waals surface area (Å²) in [6.45, 7) is 0. The van der Waals surface area contributed by atoms with Gasteiger partial charge < -0.3 is 13.7 Å². The molecular weight excluding hydrogens is 895 g/mol. The first-order valence-electron chi connectivity index (χ1n) is 24.4. The molecule has 332 valence electrons. The minimum Gasteiger partial charge on any atom is -0.309 e. The van der Waals surface area contributed by atoms with Crippen LogP contribution < -0.4 is 20.7 Å². The molecule has 0 fully saturated rings. The highest BCUT2D eigenvalue weighted by atomic mass is 32.1. The van der Waals surface area contributed by atoms with Crippen LogP contribution in [0.25, 0.3) is 103 Å². The van der Waals surface area contributed by atoms with Gasteiger partial charge in [0.25, 0.3) is 0 Å². The normalized spacial score (nSPS) is 12.2. The van der Waals surface area contributed by atoms with Gasteiger partial charge in [-0.2, -0.15) is 0 Å². The second kappa shape index (κ2) is 15.6. The number of hydrogen-bond acceptors (Lipinski definition) is 1. The van der Waals surface area contributed by atoms with E-state index in [1.54, 1.807) is 0 Å². The number of fused-ring (bicyclic) bond motifs is 13. The van der Waals surface area contributed by atoms with Gasteiger partial charge in [0.2, 0.25) is 0 Å². The number of nitrogens with zero attached hydrogens (tertiary/aromatic N) is 3. The van der Waals surface area contributed by atoms with E-state index in [-0.39, 0.29) is 0 Å². The molecule has 4 heterocycles. The summed E-state index contributed by atoms with van der Waals surface area (Å²) in [5.41, 5.74) is 10.7. The lowest BCUT2D eigenvalue weighted by Gasteiger charge is -2.34. The molecule has 3 nitrogen and oxygen atoms in total. The van der Waals surface area contributed by atoms with Crippen LogP contribution in [-0.4, -0.2) is 21.8 Å². The summed E-state index contributed by atoms with van der Waals surface area (Å²) in [6.07, 6.45) is 0. The Kier molecular flexibility index (Phi) is 8.85. The van der Waals surface area contributed by atoms with E-state index >= 15 is 0 Å². The summed E-state index contributed by atoms with van der Waals surface area (Å²) < 4.78 is 10.1. The number of thiophene rings is 1. The van der Waals surface area contributed by atoms with Gasteiger partial charge in [-0.25, -0.2) is 0 Å². The zero-order valence-electron chi connectivity index (χ0n) is 38.6. The molecule has 0 atom stereocenters. The van der Waals surface area contributed by atoms with Crippen LogP contribution in [0.2, 0.25) is 0 Å². The summed E-state index contributed by atoms with van der Waals surface area (Å²) >= 11 is 1.90. The van der Waals surface area contributed by atoms with Crippen molar-refractivity contribution in [3.8, 4) is 17.1 Å². The number of hydrogen-bond donors (Lipinski definition) is 0. The van der Waals surface area contributed by atoms with Crippen molar-refractivity contribution in [1.29, 1.82) is 0 Å². The van der Waals surface area contributed by atoms with E-state index < -0.39 is 8.07 Å². The van der Waals surface area contributed by atoms with Gasteiger partial charge in [0, 0.05) is 64.9 Å². The van der Waals surface area contributed by atoms with Crippen LogP contribution in [0.1, 0.15) is 0 Å². The van der Waals surface area contributed by atoms with Crippen LogP contribution in [0.5, 0.6) is 0 Å². The predicted molar refractivity (Wildman–Crippen MR) is 306 cm³/mol. The third-order valence-electron chi connectivity index (χ3n) is 15.2. The lowest BCUT2D eigenvalue weighted by Crippen LogP contribution is -2.74. The minimum atomic E-state index is -2.76. The largest absolute Gasteiger partial charge is 0.309 e. The van der Waals surface area contributed by atoms with E-state index in [9.17, 15) is 0 Å². The molecule has 0 unspecified atom stereocenters. The van der Waals surface area contributed by atoms with Gasteiger partial charge in [0.15, 0.2) is 8.07 Å². The first kappa shape index (κ1) is 40.2. The molecule has 0 aliphatic rings. The molecule has 0 amide bonds. The molecule has 0 saturated heterocycles. The smallest absolute Gasteiger partial charge is 0.179 e. The van der Waals surface area contributed by atoms with Crippen molar-refractivity contribution >= 4 is 126 Å². The van der Waals surface area contributed by atoms with Gasteiger partial charge in [-0.1, -0.05) is 188 Å². The average Bonchev–Trinajstić information content (AvgIpc) is 4.18. The molecule has 4 aromatic heterocycles. The molecule has 0 aliphatic carbocycles. The molecule has 0 aliphatic heterocycles. The van der Waals surface area contributed by atoms with Gasteiger partial charge in [0.05, 0.1) is 37.8 Å². The zero-order chi connectivity index (χ0) is 46.6. The highest BCUT2D eigenvalue weighted by Crippen LogP contribution is 2.44. The SMILES string of the molecule is c1ccc([Si](c2ccccc2)(c2ccccc2)c2cccc(-n3c4ccccc4c4cc(-n5c6ccccc6c6cc(-n7c8ccccc8c8ccc9c%10ccccc%10sc9c87)ccc65)ccc43)c2)cc1. The fourth-order valence-corrected chi connectivity index (χ4v) is 18.2. The van der Waals surface area contributed by atoms with E-state index in [1.165, 1.54) is 106 Å². The maximum atomic E-state index is 2.51. The van der Waals surface area contributed by atoms with Gasteiger partial charge in [-0.3, -0.25) is 0 Å². The van der Waals surface area contributed by atoms with Crippen molar-refractivity contribution in [3.63, 3.8) is 0 Å². The monoisotopic (exact) mass is 937 g/mol. The summed E-state index contributed by atoms with van der Waals surface area (Å²) in [5, 5.41) is 15.5. The molecule has 0 spiro atoms. The van der Waals surface area contributed by atoms with Crippen LogP contribution in [-0.2, 0) is 0 Å². The van der Waals surface area contributed by atoms with Gasteiger partial charge >= 0.3 is 0 Å². The Morgan fingerprint density at radius 3 is 1.23 bits per heavy atom. The van der Waals surface area contributed by atoms with Crippen LogP contribution >= 0.6 is 11.3 Å². The lowest BCUT2D eigenvalue weighted by atomic mass is 10.1. The van der Waals surface area contributed by atoms with Crippen molar-refractivity contribution in [3.05, 3.63) is 261 Å². The van der Waals surface area contributed by atoms with Crippen molar-refractivity contribution in [2.75, 3.05) is 0 Å². The van der Waals surface area contributed by atoms with Gasteiger partial charge in [0.1, 0.15) is 0 Å². The molecule has 15 rings (SSSR count). The molecular formula is C66H43N3SSi. The number of benzene rings is 11. The molecule has 0 radical (unpaired) electrons. The van der Waals surface area contributed by atoms with E-state index in [2.05, 4.69) is 275 Å². The van der Waals surface area contributed by atoms with Crippen LogP contribution in [0.15, 0.2) is 261 Å². The van der Waals surface area contributed by atoms with E-state index in [1.807, 2.05) is 11.3 Å². The number of aromatic nitrogens is 3. The Hall–Kier alpha value is -8.74. The average molecular weight is 938 g/mol. The molecule has 5 heteroatoms. The fraction of sp³-hybridized carbons (Fsp3) is 0. The Morgan fingerprint density at radius 2 is 0.662 bits per heavy atom. The van der Waals surface area contributed by atoms with Crippen LogP contribution in [0.4, 0.5) is 0 Å². The lowest BCUT2D eigenvalue weighted by molar-refractivity contribution is 1.16. The Bertz CT molecular complexity index is 4480. The number of para-hydroxylation sites is 3. The van der Waals surface area contributed by atoms with E-state index in [4.69, 9.17) is 0 Å². The molecule has 0 saturated carbocycles. The first-order valence-corrected chi connectivity index (χ1v) is 27.2. The fourth-order valence-electron chi connectivity index (χ4n) is 12.2. The third kappa shape index (κ3) is 5.82. The highest BCUT2D eigenvalue weighted by Gasteiger charge is 2.41. The van der Waals surface area contributed by atoms with E-state index in [0.29, 0.717) is 0 Å². The first-order chi connectivity index (χ1) is 35.2. The summed E-state index contributed by atoms with van der Waals surface area (Å²) in [7, 11) is -2.76. The zero-order valence-corrected chi connectivity index (χ0v) is 40.4. The van der Waals surface area contributed by atoms with Gasteiger partial charge in [-0.05, 0) is 93.5 Å². The highest BCUT2D eigenvalue weighted by molar-refractivity contribution is 7.26. The Morgan fingerprint density at radius 1 is 0.254 bits per heavy atom. The summed E-state index contributed by atoms with van der Waals surface area (Å²) in [4.78, 5) is 0. The molecule has 15 aromatic rings.